The van der Waals surface area contributed by atoms with E-state index in [4.69, 9.17) is 9.31 Å². The van der Waals surface area contributed by atoms with E-state index in [1.165, 1.54) is 0 Å². The molecule has 6 heteroatoms. The van der Waals surface area contributed by atoms with Gasteiger partial charge in [-0.2, -0.15) is 13.2 Å². The molecule has 0 radical (unpaired) electrons. The van der Waals surface area contributed by atoms with Crippen LogP contribution in [0.25, 0.3) is 0 Å². The zero-order valence-corrected chi connectivity index (χ0v) is 15.7. The fourth-order valence-corrected chi connectivity index (χ4v) is 3.05. The molecule has 0 aliphatic carbocycles. The SMILES string of the molecule is CCCCCC(B1OC(C)(C)C(C)(C)O1)c1ccc(C(F)(F)F)cc1. The van der Waals surface area contributed by atoms with E-state index in [0.717, 1.165) is 43.4 Å². The first-order valence-electron chi connectivity index (χ1n) is 9.01. The third-order valence-electron chi connectivity index (χ3n) is 5.38. The standard InChI is InChI=1S/C19H28BF3O2/c1-6-7-8-9-16(20-24-17(2,3)18(4,5)25-20)14-10-12-15(13-11-14)19(21,22)23/h10-13,16H,6-9H2,1-5H3. The molecule has 0 N–H and O–H groups in total. The largest absolute Gasteiger partial charge is 0.465 e. The van der Waals surface area contributed by atoms with Crippen LogP contribution >= 0.6 is 0 Å². The Hall–Kier alpha value is -1.01. The van der Waals surface area contributed by atoms with E-state index in [2.05, 4.69) is 6.92 Å². The van der Waals surface area contributed by atoms with Gasteiger partial charge in [-0.05, 0) is 51.8 Å². The molecule has 1 aliphatic heterocycles. The molecule has 1 unspecified atom stereocenters. The van der Waals surface area contributed by atoms with Gasteiger partial charge < -0.3 is 9.31 Å². The molecule has 0 amide bonds. The third kappa shape index (κ3) is 4.59. The van der Waals surface area contributed by atoms with Gasteiger partial charge in [0, 0.05) is 5.82 Å². The summed E-state index contributed by atoms with van der Waals surface area (Å²) in [4.78, 5) is 0. The molecule has 0 aromatic heterocycles. The van der Waals surface area contributed by atoms with Gasteiger partial charge in [-0.3, -0.25) is 0 Å². The van der Waals surface area contributed by atoms with Gasteiger partial charge in [0.15, 0.2) is 0 Å². The quantitative estimate of drug-likeness (QED) is 0.460. The molecule has 1 aliphatic rings. The van der Waals surface area contributed by atoms with Crippen molar-refractivity contribution >= 4 is 7.12 Å². The highest BCUT2D eigenvalue weighted by molar-refractivity contribution is 6.47. The molecule has 140 valence electrons. The minimum Gasteiger partial charge on any atom is -0.403 e. The second kappa shape index (κ2) is 7.32. The van der Waals surface area contributed by atoms with E-state index in [-0.39, 0.29) is 5.82 Å². The summed E-state index contributed by atoms with van der Waals surface area (Å²) in [6.07, 6.45) is -0.331. The van der Waals surface area contributed by atoms with Crippen molar-refractivity contribution in [3.63, 3.8) is 0 Å². The first-order chi connectivity index (χ1) is 11.5. The van der Waals surface area contributed by atoms with Crippen LogP contribution in [0, 0.1) is 0 Å². The van der Waals surface area contributed by atoms with Crippen molar-refractivity contribution < 1.29 is 22.5 Å². The van der Waals surface area contributed by atoms with Crippen LogP contribution in [-0.4, -0.2) is 18.3 Å². The number of alkyl halides is 3. The highest BCUT2D eigenvalue weighted by Crippen LogP contribution is 2.42. The molecule has 2 nitrogen and oxygen atoms in total. The zero-order chi connectivity index (χ0) is 18.9. The summed E-state index contributed by atoms with van der Waals surface area (Å²) in [7, 11) is -0.446. The Kier molecular flexibility index (Phi) is 5.94. The van der Waals surface area contributed by atoms with E-state index >= 15 is 0 Å². The molecule has 25 heavy (non-hydrogen) atoms. The first kappa shape index (κ1) is 20.3. The van der Waals surface area contributed by atoms with Crippen LogP contribution in [-0.2, 0) is 15.5 Å². The minimum absolute atomic E-state index is 0.0742. The van der Waals surface area contributed by atoms with Crippen LogP contribution in [0.2, 0.25) is 0 Å². The maximum Gasteiger partial charge on any atom is 0.465 e. The predicted molar refractivity (Wildman–Crippen MR) is 94.4 cm³/mol. The van der Waals surface area contributed by atoms with Crippen molar-refractivity contribution in [1.29, 1.82) is 0 Å². The Morgan fingerprint density at radius 3 is 1.92 bits per heavy atom. The molecule has 1 aromatic rings. The van der Waals surface area contributed by atoms with Crippen LogP contribution < -0.4 is 0 Å². The molecule has 0 spiro atoms. The number of rotatable bonds is 6. The smallest absolute Gasteiger partial charge is 0.403 e. The van der Waals surface area contributed by atoms with Crippen LogP contribution in [0.4, 0.5) is 13.2 Å². The van der Waals surface area contributed by atoms with Crippen molar-refractivity contribution in [2.45, 2.75) is 83.5 Å². The van der Waals surface area contributed by atoms with Gasteiger partial charge in [0.05, 0.1) is 16.8 Å². The lowest BCUT2D eigenvalue weighted by molar-refractivity contribution is -0.137. The van der Waals surface area contributed by atoms with E-state index < -0.39 is 30.1 Å². The Balaban J connectivity index is 2.25. The monoisotopic (exact) mass is 356 g/mol. The molecule has 1 fully saturated rings. The lowest BCUT2D eigenvalue weighted by Crippen LogP contribution is -2.41. The predicted octanol–water partition coefficient (Wildman–Crippen LogP) is 6.00. The minimum atomic E-state index is -4.32. The second-order valence-corrected chi connectivity index (χ2v) is 7.85. The fourth-order valence-electron chi connectivity index (χ4n) is 3.05. The van der Waals surface area contributed by atoms with Crippen molar-refractivity contribution in [3.8, 4) is 0 Å². The average Bonchev–Trinajstić information content (AvgIpc) is 2.71. The molecular weight excluding hydrogens is 328 g/mol. The summed E-state index contributed by atoms with van der Waals surface area (Å²) < 4.78 is 50.8. The topological polar surface area (TPSA) is 18.5 Å². The average molecular weight is 356 g/mol. The molecular formula is C19H28BF3O2. The van der Waals surface area contributed by atoms with Crippen LogP contribution in [0.5, 0.6) is 0 Å². The van der Waals surface area contributed by atoms with E-state index in [1.807, 2.05) is 27.7 Å². The molecule has 0 bridgehead atoms. The molecule has 1 atom stereocenters. The number of benzene rings is 1. The summed E-state index contributed by atoms with van der Waals surface area (Å²) >= 11 is 0. The normalized spacial score (nSPS) is 20.7. The molecule has 0 saturated carbocycles. The van der Waals surface area contributed by atoms with Gasteiger partial charge in [-0.15, -0.1) is 0 Å². The van der Waals surface area contributed by atoms with Gasteiger partial charge in [0.2, 0.25) is 0 Å². The van der Waals surface area contributed by atoms with Gasteiger partial charge in [-0.25, -0.2) is 0 Å². The van der Waals surface area contributed by atoms with E-state index in [9.17, 15) is 13.2 Å². The molecule has 1 saturated heterocycles. The van der Waals surface area contributed by atoms with Gasteiger partial charge >= 0.3 is 13.3 Å². The van der Waals surface area contributed by atoms with Crippen molar-refractivity contribution in [1.82, 2.24) is 0 Å². The highest BCUT2D eigenvalue weighted by Gasteiger charge is 2.53. The fraction of sp³-hybridized carbons (Fsp3) is 0.684. The Bertz CT molecular complexity index is 551. The summed E-state index contributed by atoms with van der Waals surface area (Å²) in [6, 6.07) is 5.41. The van der Waals surface area contributed by atoms with E-state index in [1.54, 1.807) is 12.1 Å². The van der Waals surface area contributed by atoms with Gasteiger partial charge in [-0.1, -0.05) is 38.3 Å². The van der Waals surface area contributed by atoms with E-state index in [0.29, 0.717) is 0 Å². The number of hydrogen-bond donors (Lipinski definition) is 0. The summed E-state index contributed by atoms with van der Waals surface area (Å²) in [5.74, 6) is -0.0742. The Labute approximate surface area is 149 Å². The highest BCUT2D eigenvalue weighted by atomic mass is 19.4. The van der Waals surface area contributed by atoms with Gasteiger partial charge in [0.25, 0.3) is 0 Å². The lowest BCUT2D eigenvalue weighted by atomic mass is 9.65. The maximum atomic E-state index is 12.8. The molecule has 1 aromatic carbocycles. The number of unbranched alkanes of at least 4 members (excludes halogenated alkanes) is 2. The van der Waals surface area contributed by atoms with Crippen LogP contribution in [0.1, 0.15) is 77.2 Å². The summed E-state index contributed by atoms with van der Waals surface area (Å²) in [5, 5.41) is 0. The van der Waals surface area contributed by atoms with Crippen LogP contribution in [0.3, 0.4) is 0 Å². The van der Waals surface area contributed by atoms with Crippen LogP contribution in [0.15, 0.2) is 24.3 Å². The Morgan fingerprint density at radius 2 is 1.48 bits per heavy atom. The van der Waals surface area contributed by atoms with Crippen molar-refractivity contribution in [2.75, 3.05) is 0 Å². The lowest BCUT2D eigenvalue weighted by Gasteiger charge is -2.32. The summed E-state index contributed by atoms with van der Waals surface area (Å²) in [6.45, 7) is 10.1. The summed E-state index contributed by atoms with van der Waals surface area (Å²) in [5.41, 5.74) is -0.695. The van der Waals surface area contributed by atoms with Crippen molar-refractivity contribution in [2.24, 2.45) is 0 Å². The Morgan fingerprint density at radius 1 is 0.960 bits per heavy atom. The first-order valence-corrected chi connectivity index (χ1v) is 9.01. The zero-order valence-electron chi connectivity index (χ0n) is 15.7. The number of hydrogen-bond acceptors (Lipinski definition) is 2. The molecule has 2 rings (SSSR count). The third-order valence-corrected chi connectivity index (χ3v) is 5.38. The van der Waals surface area contributed by atoms with Crippen molar-refractivity contribution in [3.05, 3.63) is 35.4 Å². The van der Waals surface area contributed by atoms with Gasteiger partial charge in [0.1, 0.15) is 0 Å². The second-order valence-electron chi connectivity index (χ2n) is 7.85. The molecule has 1 heterocycles. The maximum absolute atomic E-state index is 12.8. The number of halogens is 3.